The Hall–Kier alpha value is -3.77. The number of aromatic amines is 1. The van der Waals surface area contributed by atoms with Crippen LogP contribution in [0.1, 0.15) is 22.0 Å². The lowest BCUT2D eigenvalue weighted by Gasteiger charge is -2.23. The second-order valence-corrected chi connectivity index (χ2v) is 8.51. The highest BCUT2D eigenvalue weighted by molar-refractivity contribution is 6.07. The van der Waals surface area contributed by atoms with Gasteiger partial charge in [0.2, 0.25) is 6.43 Å². The van der Waals surface area contributed by atoms with Crippen molar-refractivity contribution < 1.29 is 36.9 Å². The van der Waals surface area contributed by atoms with E-state index >= 15 is 0 Å². The van der Waals surface area contributed by atoms with Gasteiger partial charge in [0.1, 0.15) is 18.5 Å². The first-order valence-corrected chi connectivity index (χ1v) is 11.7. The van der Waals surface area contributed by atoms with E-state index in [4.69, 9.17) is 18.9 Å². The van der Waals surface area contributed by atoms with E-state index in [1.165, 1.54) is 31.6 Å². The fraction of sp³-hybridized carbons (Fsp3) is 0.360. The Morgan fingerprint density at radius 2 is 2.14 bits per heavy atom. The monoisotopic (exact) mass is 518 g/mol. The number of benzene rings is 1. The molecule has 5 rings (SSSR count). The molecule has 37 heavy (non-hydrogen) atoms. The van der Waals surface area contributed by atoms with Crippen molar-refractivity contribution in [3.63, 3.8) is 0 Å². The number of aromatic nitrogens is 2. The molecule has 2 atom stereocenters. The third kappa shape index (κ3) is 4.94. The van der Waals surface area contributed by atoms with Gasteiger partial charge in [0.15, 0.2) is 11.6 Å². The number of hydrogen-bond donors (Lipinski definition) is 3. The van der Waals surface area contributed by atoms with Crippen LogP contribution in [-0.4, -0.2) is 68.5 Å². The van der Waals surface area contributed by atoms with Crippen LogP contribution >= 0.6 is 0 Å². The third-order valence-electron chi connectivity index (χ3n) is 6.21. The zero-order valence-corrected chi connectivity index (χ0v) is 19.9. The molecule has 1 amide bonds. The topological polar surface area (TPSA) is 107 Å². The molecule has 1 aromatic carbocycles. The van der Waals surface area contributed by atoms with Crippen LogP contribution < -0.4 is 20.1 Å². The smallest absolute Gasteiger partial charge is 0.255 e. The predicted octanol–water partition coefficient (Wildman–Crippen LogP) is 3.85. The largest absolute Gasteiger partial charge is 0.492 e. The van der Waals surface area contributed by atoms with Crippen molar-refractivity contribution in [2.24, 2.45) is 0 Å². The zero-order valence-electron chi connectivity index (χ0n) is 19.9. The Morgan fingerprint density at radius 3 is 2.89 bits per heavy atom. The second-order valence-electron chi connectivity index (χ2n) is 8.51. The summed E-state index contributed by atoms with van der Waals surface area (Å²) in [5.74, 6) is -2.20. The highest BCUT2D eigenvalue weighted by Crippen LogP contribution is 2.44. The second kappa shape index (κ2) is 10.7. The van der Waals surface area contributed by atoms with Gasteiger partial charge in [-0.25, -0.2) is 13.2 Å². The summed E-state index contributed by atoms with van der Waals surface area (Å²) < 4.78 is 64.6. The molecule has 0 bridgehead atoms. The van der Waals surface area contributed by atoms with Crippen molar-refractivity contribution in [1.29, 1.82) is 0 Å². The Labute approximate surface area is 210 Å². The molecule has 4 heterocycles. The number of hydrogen-bond acceptors (Lipinski definition) is 7. The molecule has 0 saturated carbocycles. The first-order valence-electron chi connectivity index (χ1n) is 11.7. The number of anilines is 2. The number of halogens is 3. The third-order valence-corrected chi connectivity index (χ3v) is 6.21. The van der Waals surface area contributed by atoms with Gasteiger partial charge in [-0.3, -0.25) is 9.78 Å². The van der Waals surface area contributed by atoms with E-state index in [0.717, 1.165) is 0 Å². The average molecular weight is 518 g/mol. The number of fused-ring (bicyclic) bond motifs is 1. The fourth-order valence-corrected chi connectivity index (χ4v) is 4.43. The molecule has 0 spiro atoms. The van der Waals surface area contributed by atoms with Crippen molar-refractivity contribution in [3.8, 4) is 22.8 Å². The number of carbonyl (C=O) groups excluding carboxylic acids is 1. The van der Waals surface area contributed by atoms with Gasteiger partial charge < -0.3 is 34.6 Å². The van der Waals surface area contributed by atoms with Gasteiger partial charge >= 0.3 is 0 Å². The van der Waals surface area contributed by atoms with Crippen molar-refractivity contribution >= 4 is 17.3 Å². The number of rotatable bonds is 8. The van der Waals surface area contributed by atoms with Gasteiger partial charge in [0.05, 0.1) is 61.7 Å². The summed E-state index contributed by atoms with van der Waals surface area (Å²) >= 11 is 0. The SMILES string of the molecule is COc1c(F)cccc1Nc1c(-c2ccncc2OC[C@@H]2COCCO2)[nH]c2c1C(=O)NC[C@@H]2C(F)F. The van der Waals surface area contributed by atoms with Gasteiger partial charge in [-0.05, 0) is 18.2 Å². The summed E-state index contributed by atoms with van der Waals surface area (Å²) in [6.45, 7) is 1.26. The van der Waals surface area contributed by atoms with Crippen molar-refractivity contribution in [3.05, 3.63) is 53.7 Å². The first kappa shape index (κ1) is 24.9. The lowest BCUT2D eigenvalue weighted by molar-refractivity contribution is -0.101. The van der Waals surface area contributed by atoms with Crippen molar-refractivity contribution in [2.75, 3.05) is 45.4 Å². The van der Waals surface area contributed by atoms with Crippen LogP contribution in [0.4, 0.5) is 24.5 Å². The number of amides is 1. The molecule has 1 saturated heterocycles. The van der Waals surface area contributed by atoms with Gasteiger partial charge in [0.25, 0.3) is 5.91 Å². The highest BCUT2D eigenvalue weighted by Gasteiger charge is 2.37. The number of nitrogens with zero attached hydrogens (tertiary/aromatic N) is 1. The lowest BCUT2D eigenvalue weighted by atomic mass is 9.96. The number of ether oxygens (including phenoxy) is 4. The lowest BCUT2D eigenvalue weighted by Crippen LogP contribution is -2.37. The molecule has 9 nitrogen and oxygen atoms in total. The number of carbonyl (C=O) groups is 1. The van der Waals surface area contributed by atoms with Crippen LogP contribution in [-0.2, 0) is 9.47 Å². The maximum absolute atomic E-state index is 14.4. The molecular formula is C25H25F3N4O5. The maximum Gasteiger partial charge on any atom is 0.255 e. The van der Waals surface area contributed by atoms with Gasteiger partial charge in [0, 0.05) is 24.0 Å². The number of alkyl halides is 2. The maximum atomic E-state index is 14.4. The fourth-order valence-electron chi connectivity index (χ4n) is 4.43. The number of nitrogens with one attached hydrogen (secondary N) is 3. The molecule has 2 aromatic heterocycles. The van der Waals surface area contributed by atoms with Crippen LogP contribution in [0.25, 0.3) is 11.3 Å². The van der Waals surface area contributed by atoms with Crippen LogP contribution in [0.2, 0.25) is 0 Å². The number of methoxy groups -OCH3 is 1. The van der Waals surface area contributed by atoms with Crippen LogP contribution in [0, 0.1) is 5.82 Å². The quantitative estimate of drug-likeness (QED) is 0.416. The summed E-state index contributed by atoms with van der Waals surface area (Å²) in [6.07, 6.45) is -0.0315. The van der Waals surface area contributed by atoms with E-state index in [-0.39, 0.29) is 47.6 Å². The van der Waals surface area contributed by atoms with E-state index in [1.807, 2.05) is 0 Å². The molecule has 196 valence electrons. The number of para-hydroxylation sites is 1. The average Bonchev–Trinajstić information content (AvgIpc) is 3.28. The molecule has 2 aliphatic heterocycles. The highest BCUT2D eigenvalue weighted by atomic mass is 19.3. The van der Waals surface area contributed by atoms with Gasteiger partial charge in [-0.15, -0.1) is 0 Å². The Morgan fingerprint density at radius 1 is 1.27 bits per heavy atom. The van der Waals surface area contributed by atoms with Crippen molar-refractivity contribution in [2.45, 2.75) is 18.4 Å². The normalized spacial score (nSPS) is 19.3. The summed E-state index contributed by atoms with van der Waals surface area (Å²) in [5.41, 5.74) is 1.22. The molecule has 12 heteroatoms. The van der Waals surface area contributed by atoms with E-state index < -0.39 is 24.1 Å². The number of H-pyrrole nitrogens is 1. The van der Waals surface area contributed by atoms with Crippen LogP contribution in [0.3, 0.4) is 0 Å². The first-order chi connectivity index (χ1) is 18.0. The molecule has 0 unspecified atom stereocenters. The van der Waals surface area contributed by atoms with E-state index in [0.29, 0.717) is 36.8 Å². The van der Waals surface area contributed by atoms with Gasteiger partial charge in [-0.1, -0.05) is 6.07 Å². The molecule has 3 aromatic rings. The molecule has 2 aliphatic rings. The van der Waals surface area contributed by atoms with Crippen LogP contribution in [0.15, 0.2) is 36.7 Å². The number of pyridine rings is 1. The Kier molecular flexibility index (Phi) is 7.19. The van der Waals surface area contributed by atoms with Crippen LogP contribution in [0.5, 0.6) is 11.5 Å². The summed E-state index contributed by atoms with van der Waals surface area (Å²) in [6, 6.07) is 5.88. The Bertz CT molecular complexity index is 1280. The van der Waals surface area contributed by atoms with E-state index in [9.17, 15) is 18.0 Å². The zero-order chi connectivity index (χ0) is 25.9. The molecule has 0 aliphatic carbocycles. The molecular weight excluding hydrogens is 493 g/mol. The summed E-state index contributed by atoms with van der Waals surface area (Å²) in [5, 5.41) is 5.56. The predicted molar refractivity (Wildman–Crippen MR) is 127 cm³/mol. The van der Waals surface area contributed by atoms with E-state index in [1.54, 1.807) is 12.1 Å². The van der Waals surface area contributed by atoms with E-state index in [2.05, 4.69) is 20.6 Å². The molecule has 1 fully saturated rings. The van der Waals surface area contributed by atoms with Gasteiger partial charge in [-0.2, -0.15) is 0 Å². The molecule has 3 N–H and O–H groups in total. The van der Waals surface area contributed by atoms with Crippen molar-refractivity contribution in [1.82, 2.24) is 15.3 Å². The minimum Gasteiger partial charge on any atom is -0.492 e. The Balaban J connectivity index is 1.61. The minimum atomic E-state index is -2.74. The standard InChI is InChI=1S/C25H25F3N4O5/c1-34-23-16(26)3-2-4-17(23)31-22-19-20(15(24(27)28)9-30-25(19)33)32-21(22)14-5-6-29-10-18(14)37-12-13-11-35-7-8-36-13/h2-6,10,13,15,24,31-32H,7-9,11-12H2,1H3,(H,30,33)/t13-,15-/m0/s1. The summed E-state index contributed by atoms with van der Waals surface area (Å²) in [4.78, 5) is 20.1. The minimum absolute atomic E-state index is 0.00430. The summed E-state index contributed by atoms with van der Waals surface area (Å²) in [7, 11) is 1.31. The molecule has 0 radical (unpaired) electrons.